The molecular weight excluding hydrogens is 385 g/mol. The van der Waals surface area contributed by atoms with Gasteiger partial charge >= 0.3 is 6.18 Å². The average molecular weight is 408 g/mol. The third-order valence-corrected chi connectivity index (χ3v) is 4.17. The first-order chi connectivity index (χ1) is 13.5. The molecule has 2 aromatic rings. The maximum absolute atomic E-state index is 13.0. The van der Waals surface area contributed by atoms with Crippen molar-refractivity contribution in [3.05, 3.63) is 53.1 Å². The van der Waals surface area contributed by atoms with Crippen LogP contribution in [0.25, 0.3) is 0 Å². The topological polar surface area (TPSA) is 67.4 Å². The molecule has 0 spiro atoms. The number of rotatable bonds is 6. The summed E-state index contributed by atoms with van der Waals surface area (Å²) in [6.07, 6.45) is -4.58. The van der Waals surface area contributed by atoms with Crippen LogP contribution in [0.2, 0.25) is 0 Å². The van der Waals surface area contributed by atoms with Crippen molar-refractivity contribution in [2.75, 3.05) is 17.2 Å². The monoisotopic (exact) mass is 408 g/mol. The molecule has 0 atom stereocenters. The second-order valence-electron chi connectivity index (χ2n) is 6.96. The summed E-state index contributed by atoms with van der Waals surface area (Å²) >= 11 is 0. The minimum absolute atomic E-state index is 0.0665. The van der Waals surface area contributed by atoms with Crippen LogP contribution < -0.4 is 15.4 Å². The molecular formula is C21H23F3N2O3. The number of ether oxygens (including phenoxy) is 1. The highest BCUT2D eigenvalue weighted by atomic mass is 19.4. The maximum atomic E-state index is 13.0. The quantitative estimate of drug-likeness (QED) is 0.698. The molecule has 0 radical (unpaired) electrons. The van der Waals surface area contributed by atoms with Gasteiger partial charge in [-0.3, -0.25) is 9.59 Å². The molecule has 2 rings (SSSR count). The predicted octanol–water partition coefficient (Wildman–Crippen LogP) is 5.11. The van der Waals surface area contributed by atoms with Crippen LogP contribution in [0.3, 0.4) is 0 Å². The van der Waals surface area contributed by atoms with Gasteiger partial charge in [0, 0.05) is 6.92 Å². The van der Waals surface area contributed by atoms with Gasteiger partial charge in [-0.15, -0.1) is 0 Å². The van der Waals surface area contributed by atoms with E-state index in [1.807, 2.05) is 39.0 Å². The molecule has 0 aliphatic rings. The molecule has 0 fully saturated rings. The molecule has 0 saturated heterocycles. The molecule has 2 amide bonds. The van der Waals surface area contributed by atoms with Crippen LogP contribution >= 0.6 is 0 Å². The molecule has 2 aromatic carbocycles. The molecule has 0 aromatic heterocycles. The molecule has 0 aliphatic heterocycles. The zero-order chi connectivity index (χ0) is 21.8. The van der Waals surface area contributed by atoms with Gasteiger partial charge in [0.25, 0.3) is 5.91 Å². The summed E-state index contributed by atoms with van der Waals surface area (Å²) in [6.45, 7) is 6.71. The van der Waals surface area contributed by atoms with Crippen molar-refractivity contribution < 1.29 is 27.5 Å². The first kappa shape index (κ1) is 22.3. The Balaban J connectivity index is 2.17. The fourth-order valence-corrected chi connectivity index (χ4v) is 2.58. The molecule has 0 bridgehead atoms. The Hall–Kier alpha value is -3.03. The van der Waals surface area contributed by atoms with E-state index in [1.165, 1.54) is 6.92 Å². The highest BCUT2D eigenvalue weighted by Gasteiger charge is 2.31. The maximum Gasteiger partial charge on any atom is 0.416 e. The Bertz CT molecular complexity index is 909. The minimum atomic E-state index is -4.58. The molecule has 29 heavy (non-hydrogen) atoms. The summed E-state index contributed by atoms with van der Waals surface area (Å²) in [5.74, 6) is -0.322. The molecule has 156 valence electrons. The van der Waals surface area contributed by atoms with Gasteiger partial charge in [-0.2, -0.15) is 13.2 Å². The molecule has 8 heteroatoms. The molecule has 0 heterocycles. The Labute approximate surface area is 167 Å². The van der Waals surface area contributed by atoms with E-state index in [-0.39, 0.29) is 17.3 Å². The first-order valence-electron chi connectivity index (χ1n) is 8.99. The van der Waals surface area contributed by atoms with E-state index in [1.54, 1.807) is 0 Å². The Kier molecular flexibility index (Phi) is 6.89. The lowest BCUT2D eigenvalue weighted by atomic mass is 10.0. The van der Waals surface area contributed by atoms with Gasteiger partial charge < -0.3 is 15.4 Å². The number of amides is 2. The van der Waals surface area contributed by atoms with Crippen molar-refractivity contribution in [3.8, 4) is 5.75 Å². The van der Waals surface area contributed by atoms with E-state index in [4.69, 9.17) is 4.74 Å². The smallest absolute Gasteiger partial charge is 0.416 e. The van der Waals surface area contributed by atoms with Gasteiger partial charge in [-0.25, -0.2) is 0 Å². The summed E-state index contributed by atoms with van der Waals surface area (Å²) in [5.41, 5.74) is 0.841. The van der Waals surface area contributed by atoms with E-state index in [0.29, 0.717) is 5.75 Å². The standard InChI is InChI=1S/C21H23F3N2O3/c1-12(2)15-6-5-13(3)19(9-15)29-11-20(28)26-18-10-16(21(22,23)24)7-8-17(18)25-14(4)27/h5-10,12H,11H2,1-4H3,(H,25,27)(H,26,28). The number of alkyl halides is 3. The van der Waals surface area contributed by atoms with Gasteiger partial charge in [-0.1, -0.05) is 26.0 Å². The lowest BCUT2D eigenvalue weighted by Crippen LogP contribution is -2.22. The second kappa shape index (κ2) is 8.98. The molecule has 2 N–H and O–H groups in total. The summed E-state index contributed by atoms with van der Waals surface area (Å²) in [4.78, 5) is 23.6. The summed E-state index contributed by atoms with van der Waals surface area (Å²) in [6, 6.07) is 8.38. The van der Waals surface area contributed by atoms with E-state index in [2.05, 4.69) is 10.6 Å². The zero-order valence-corrected chi connectivity index (χ0v) is 16.6. The van der Waals surface area contributed by atoms with E-state index in [0.717, 1.165) is 29.3 Å². The lowest BCUT2D eigenvalue weighted by molar-refractivity contribution is -0.137. The van der Waals surface area contributed by atoms with Crippen molar-refractivity contribution in [3.63, 3.8) is 0 Å². The summed E-state index contributed by atoms with van der Waals surface area (Å²) in [7, 11) is 0. The number of anilines is 2. The van der Waals surface area contributed by atoms with E-state index < -0.39 is 30.2 Å². The van der Waals surface area contributed by atoms with Crippen molar-refractivity contribution in [1.82, 2.24) is 0 Å². The Morgan fingerprint density at radius 1 is 1.03 bits per heavy atom. The molecule has 5 nitrogen and oxygen atoms in total. The number of benzene rings is 2. The van der Waals surface area contributed by atoms with Gasteiger partial charge in [0.15, 0.2) is 6.61 Å². The van der Waals surface area contributed by atoms with Crippen LogP contribution in [0.4, 0.5) is 24.5 Å². The summed E-state index contributed by atoms with van der Waals surface area (Å²) < 4.78 is 44.5. The number of carbonyl (C=O) groups excluding carboxylic acids is 2. The van der Waals surface area contributed by atoms with Crippen LogP contribution in [0, 0.1) is 6.92 Å². The highest BCUT2D eigenvalue weighted by molar-refractivity contribution is 5.99. The van der Waals surface area contributed by atoms with E-state index >= 15 is 0 Å². The van der Waals surface area contributed by atoms with Crippen molar-refractivity contribution in [1.29, 1.82) is 0 Å². The second-order valence-corrected chi connectivity index (χ2v) is 6.96. The lowest BCUT2D eigenvalue weighted by Gasteiger charge is -2.16. The Morgan fingerprint density at radius 3 is 2.31 bits per heavy atom. The van der Waals surface area contributed by atoms with Crippen molar-refractivity contribution in [2.45, 2.75) is 39.8 Å². The average Bonchev–Trinajstić information content (AvgIpc) is 2.61. The number of aryl methyl sites for hydroxylation is 1. The van der Waals surface area contributed by atoms with Gasteiger partial charge in [-0.05, 0) is 48.2 Å². The predicted molar refractivity (Wildman–Crippen MR) is 105 cm³/mol. The van der Waals surface area contributed by atoms with Gasteiger partial charge in [0.05, 0.1) is 16.9 Å². The molecule has 0 aliphatic carbocycles. The number of nitrogens with one attached hydrogen (secondary N) is 2. The number of hydrogen-bond acceptors (Lipinski definition) is 3. The third-order valence-electron chi connectivity index (χ3n) is 4.17. The fourth-order valence-electron chi connectivity index (χ4n) is 2.58. The van der Waals surface area contributed by atoms with Crippen LogP contribution in [-0.2, 0) is 15.8 Å². The van der Waals surface area contributed by atoms with Crippen LogP contribution in [0.15, 0.2) is 36.4 Å². The first-order valence-corrected chi connectivity index (χ1v) is 8.99. The zero-order valence-electron chi connectivity index (χ0n) is 16.6. The SMILES string of the molecule is CC(=O)Nc1ccc(C(F)(F)F)cc1NC(=O)COc1cc(C(C)C)ccc1C. The number of hydrogen-bond donors (Lipinski definition) is 2. The van der Waals surface area contributed by atoms with E-state index in [9.17, 15) is 22.8 Å². The van der Waals surface area contributed by atoms with Gasteiger partial charge in [0.1, 0.15) is 5.75 Å². The van der Waals surface area contributed by atoms with Crippen LogP contribution in [-0.4, -0.2) is 18.4 Å². The minimum Gasteiger partial charge on any atom is -0.483 e. The van der Waals surface area contributed by atoms with Crippen molar-refractivity contribution >= 4 is 23.2 Å². The van der Waals surface area contributed by atoms with Crippen LogP contribution in [0.1, 0.15) is 43.4 Å². The largest absolute Gasteiger partial charge is 0.483 e. The number of halogens is 3. The molecule has 0 saturated carbocycles. The molecule has 0 unspecified atom stereocenters. The van der Waals surface area contributed by atoms with Crippen molar-refractivity contribution in [2.24, 2.45) is 0 Å². The normalized spacial score (nSPS) is 11.3. The fraction of sp³-hybridized carbons (Fsp3) is 0.333. The highest BCUT2D eigenvalue weighted by Crippen LogP contribution is 2.34. The third kappa shape index (κ3) is 6.23. The van der Waals surface area contributed by atoms with Crippen LogP contribution in [0.5, 0.6) is 5.75 Å². The van der Waals surface area contributed by atoms with Gasteiger partial charge in [0.2, 0.25) is 5.91 Å². The summed E-state index contributed by atoms with van der Waals surface area (Å²) in [5, 5.41) is 4.78. The Morgan fingerprint density at radius 2 is 1.72 bits per heavy atom. The number of carbonyl (C=O) groups is 2.